The number of carbonyl (C=O) groups excluding carboxylic acids is 2. The van der Waals surface area contributed by atoms with E-state index in [9.17, 15) is 14.0 Å². The lowest BCUT2D eigenvalue weighted by Gasteiger charge is -2.31. The Hall–Kier alpha value is -2.38. The van der Waals surface area contributed by atoms with E-state index in [0.717, 1.165) is 37.2 Å². The average molecular weight is 416 g/mol. The monoisotopic (exact) mass is 415 g/mol. The zero-order valence-electron chi connectivity index (χ0n) is 16.3. The van der Waals surface area contributed by atoms with E-state index in [-0.39, 0.29) is 23.5 Å². The molecule has 1 aliphatic rings. The highest BCUT2D eigenvalue weighted by Crippen LogP contribution is 2.22. The van der Waals surface area contributed by atoms with E-state index in [0.29, 0.717) is 23.6 Å². The van der Waals surface area contributed by atoms with Crippen LogP contribution in [0.25, 0.3) is 0 Å². The highest BCUT2D eigenvalue weighted by atomic mass is 32.2. The van der Waals surface area contributed by atoms with Gasteiger partial charge in [0.1, 0.15) is 5.82 Å². The van der Waals surface area contributed by atoms with E-state index in [2.05, 4.69) is 10.2 Å². The molecule has 29 heavy (non-hydrogen) atoms. The van der Waals surface area contributed by atoms with Gasteiger partial charge in [0.05, 0.1) is 5.92 Å². The van der Waals surface area contributed by atoms with Crippen molar-refractivity contribution in [2.24, 2.45) is 11.7 Å². The fraction of sp³-hybridized carbons (Fsp3) is 0.364. The second kappa shape index (κ2) is 10.4. The summed E-state index contributed by atoms with van der Waals surface area (Å²) in [6.45, 7) is 2.42. The molecule has 0 bridgehead atoms. The van der Waals surface area contributed by atoms with E-state index >= 15 is 0 Å². The Bertz CT molecular complexity index is 844. The molecule has 2 amide bonds. The predicted molar refractivity (Wildman–Crippen MR) is 114 cm³/mol. The lowest BCUT2D eigenvalue weighted by Crippen LogP contribution is -2.40. The van der Waals surface area contributed by atoms with Gasteiger partial charge in [-0.2, -0.15) is 0 Å². The van der Waals surface area contributed by atoms with Crippen molar-refractivity contribution in [1.82, 2.24) is 4.90 Å². The molecular weight excluding hydrogens is 389 g/mol. The summed E-state index contributed by atoms with van der Waals surface area (Å²) < 4.78 is 13.6. The van der Waals surface area contributed by atoms with Gasteiger partial charge in [-0.05, 0) is 49.2 Å². The second-order valence-corrected chi connectivity index (χ2v) is 8.39. The smallest absolute Gasteiger partial charge is 0.225 e. The molecular formula is C22H26FN3O2S. The summed E-state index contributed by atoms with van der Waals surface area (Å²) in [5.74, 6) is -0.127. The van der Waals surface area contributed by atoms with E-state index < -0.39 is 0 Å². The predicted octanol–water partition coefficient (Wildman–Crippen LogP) is 3.64. The molecule has 0 radical (unpaired) electrons. The van der Waals surface area contributed by atoms with Crippen LogP contribution >= 0.6 is 11.8 Å². The number of anilines is 1. The van der Waals surface area contributed by atoms with Crippen molar-refractivity contribution >= 4 is 29.3 Å². The first-order valence-corrected chi connectivity index (χ1v) is 10.8. The standard InChI is InChI=1S/C22H26FN3O2S/c23-19-5-1-2-6-20(19)29-13-11-21(27)25-18-9-7-16(8-10-18)14-26-12-3-4-17(15-26)22(24)28/h1-2,5-10,17H,3-4,11-15H2,(H2,24,28)(H,25,27). The lowest BCUT2D eigenvalue weighted by atomic mass is 9.97. The first-order valence-electron chi connectivity index (χ1n) is 9.79. The summed E-state index contributed by atoms with van der Waals surface area (Å²) in [6, 6.07) is 14.3. The van der Waals surface area contributed by atoms with Crippen molar-refractivity contribution in [3.8, 4) is 0 Å². The summed E-state index contributed by atoms with van der Waals surface area (Å²) >= 11 is 1.34. The number of nitrogens with zero attached hydrogens (tertiary/aromatic N) is 1. The summed E-state index contributed by atoms with van der Waals surface area (Å²) in [5, 5.41) is 2.87. The van der Waals surface area contributed by atoms with Gasteiger partial charge < -0.3 is 11.1 Å². The van der Waals surface area contributed by atoms with Crippen molar-refractivity contribution in [1.29, 1.82) is 0 Å². The van der Waals surface area contributed by atoms with Crippen LogP contribution in [-0.4, -0.2) is 35.6 Å². The number of thioether (sulfide) groups is 1. The van der Waals surface area contributed by atoms with E-state index in [1.807, 2.05) is 24.3 Å². The Morgan fingerprint density at radius 2 is 1.93 bits per heavy atom. The number of amides is 2. The molecule has 1 fully saturated rings. The third-order valence-corrected chi connectivity index (χ3v) is 6.03. The summed E-state index contributed by atoms with van der Waals surface area (Å²) in [5.41, 5.74) is 7.31. The molecule has 1 aliphatic heterocycles. The fourth-order valence-corrected chi connectivity index (χ4v) is 4.31. The molecule has 0 spiro atoms. The number of rotatable bonds is 8. The van der Waals surface area contributed by atoms with Gasteiger partial charge in [-0.15, -0.1) is 11.8 Å². The van der Waals surface area contributed by atoms with Crippen LogP contribution in [0, 0.1) is 11.7 Å². The maximum Gasteiger partial charge on any atom is 0.225 e. The number of primary amides is 1. The second-order valence-electron chi connectivity index (χ2n) is 7.25. The van der Waals surface area contributed by atoms with Crippen LogP contribution in [0.5, 0.6) is 0 Å². The van der Waals surface area contributed by atoms with Crippen LogP contribution in [0.1, 0.15) is 24.8 Å². The molecule has 0 aromatic heterocycles. The Balaban J connectivity index is 1.43. The minimum absolute atomic E-state index is 0.0652. The molecule has 3 N–H and O–H groups in total. The van der Waals surface area contributed by atoms with Crippen LogP contribution in [0.15, 0.2) is 53.4 Å². The number of carbonyl (C=O) groups is 2. The molecule has 5 nitrogen and oxygen atoms in total. The molecule has 0 aliphatic carbocycles. The van der Waals surface area contributed by atoms with Gasteiger partial charge in [0.2, 0.25) is 11.8 Å². The zero-order valence-corrected chi connectivity index (χ0v) is 17.1. The Morgan fingerprint density at radius 3 is 2.66 bits per heavy atom. The fourth-order valence-electron chi connectivity index (χ4n) is 3.42. The minimum atomic E-state index is -0.260. The summed E-state index contributed by atoms with van der Waals surface area (Å²) in [6.07, 6.45) is 2.15. The third kappa shape index (κ3) is 6.58. The average Bonchev–Trinajstić information content (AvgIpc) is 2.71. The Kier molecular flexibility index (Phi) is 7.66. The van der Waals surface area contributed by atoms with Gasteiger partial charge in [0, 0.05) is 35.8 Å². The van der Waals surface area contributed by atoms with Gasteiger partial charge in [-0.25, -0.2) is 4.39 Å². The Labute approximate surface area is 174 Å². The normalized spacial score (nSPS) is 17.1. The number of nitrogens with one attached hydrogen (secondary N) is 1. The van der Waals surface area contributed by atoms with E-state index in [1.54, 1.807) is 18.2 Å². The molecule has 1 unspecified atom stereocenters. The van der Waals surface area contributed by atoms with Crippen LogP contribution in [0.2, 0.25) is 0 Å². The maximum absolute atomic E-state index is 13.6. The number of likely N-dealkylation sites (tertiary alicyclic amines) is 1. The molecule has 154 valence electrons. The van der Waals surface area contributed by atoms with Crippen LogP contribution in [0.3, 0.4) is 0 Å². The number of piperidine rings is 1. The molecule has 2 aromatic carbocycles. The maximum atomic E-state index is 13.6. The molecule has 7 heteroatoms. The van der Waals surface area contributed by atoms with Crippen LogP contribution < -0.4 is 11.1 Å². The number of halogens is 1. The Morgan fingerprint density at radius 1 is 1.17 bits per heavy atom. The van der Waals surface area contributed by atoms with E-state index in [4.69, 9.17) is 5.73 Å². The summed E-state index contributed by atoms with van der Waals surface area (Å²) in [4.78, 5) is 26.3. The van der Waals surface area contributed by atoms with Crippen LogP contribution in [0.4, 0.5) is 10.1 Å². The van der Waals surface area contributed by atoms with Gasteiger partial charge in [0.25, 0.3) is 0 Å². The van der Waals surface area contributed by atoms with Crippen molar-refractivity contribution in [2.45, 2.75) is 30.7 Å². The third-order valence-electron chi connectivity index (χ3n) is 4.98. The van der Waals surface area contributed by atoms with Crippen LogP contribution in [-0.2, 0) is 16.1 Å². The number of hydrogen-bond donors (Lipinski definition) is 2. The number of benzene rings is 2. The molecule has 1 atom stereocenters. The molecule has 2 aromatic rings. The van der Waals surface area contributed by atoms with Gasteiger partial charge >= 0.3 is 0 Å². The highest BCUT2D eigenvalue weighted by Gasteiger charge is 2.23. The van der Waals surface area contributed by atoms with Crippen molar-refractivity contribution in [3.63, 3.8) is 0 Å². The largest absolute Gasteiger partial charge is 0.369 e. The van der Waals surface area contributed by atoms with Crippen molar-refractivity contribution < 1.29 is 14.0 Å². The number of hydrogen-bond acceptors (Lipinski definition) is 4. The van der Waals surface area contributed by atoms with E-state index in [1.165, 1.54) is 17.8 Å². The topological polar surface area (TPSA) is 75.4 Å². The van der Waals surface area contributed by atoms with Gasteiger partial charge in [-0.1, -0.05) is 24.3 Å². The lowest BCUT2D eigenvalue weighted by molar-refractivity contribution is -0.123. The zero-order chi connectivity index (χ0) is 20.6. The SMILES string of the molecule is NC(=O)C1CCCN(Cc2ccc(NC(=O)CCSc3ccccc3F)cc2)C1. The molecule has 1 heterocycles. The molecule has 3 rings (SSSR count). The molecule has 0 saturated carbocycles. The summed E-state index contributed by atoms with van der Waals surface area (Å²) in [7, 11) is 0. The first kappa shape index (κ1) is 21.3. The molecule has 1 saturated heterocycles. The van der Waals surface area contributed by atoms with Gasteiger partial charge in [-0.3, -0.25) is 14.5 Å². The van der Waals surface area contributed by atoms with Crippen molar-refractivity contribution in [2.75, 3.05) is 24.2 Å². The first-order chi connectivity index (χ1) is 14.0. The highest BCUT2D eigenvalue weighted by molar-refractivity contribution is 7.99. The van der Waals surface area contributed by atoms with Crippen molar-refractivity contribution in [3.05, 3.63) is 59.9 Å². The minimum Gasteiger partial charge on any atom is -0.369 e. The number of nitrogens with two attached hydrogens (primary N) is 1. The van der Waals surface area contributed by atoms with Gasteiger partial charge in [0.15, 0.2) is 0 Å². The quantitative estimate of drug-likeness (QED) is 0.646.